The third kappa shape index (κ3) is 3.75. The second-order valence-electron chi connectivity index (χ2n) is 5.68. The zero-order chi connectivity index (χ0) is 14.4. The van der Waals surface area contributed by atoms with E-state index in [1.807, 2.05) is 17.0 Å². The number of nitrogens with zero attached hydrogens (tertiary/aromatic N) is 1. The fourth-order valence-electron chi connectivity index (χ4n) is 2.92. The van der Waals surface area contributed by atoms with Crippen molar-refractivity contribution in [3.8, 4) is 5.75 Å². The third-order valence-electron chi connectivity index (χ3n) is 4.08. The Morgan fingerprint density at radius 3 is 2.70 bits per heavy atom. The number of likely N-dealkylation sites (tertiary alicyclic amines) is 1. The summed E-state index contributed by atoms with van der Waals surface area (Å²) in [7, 11) is 0. The van der Waals surface area contributed by atoms with Crippen LogP contribution in [0.25, 0.3) is 0 Å². The smallest absolute Gasteiger partial charge is 0.230 e. The molecule has 0 aliphatic carbocycles. The number of hydrogen-bond acceptors (Lipinski definition) is 2. The molecule has 1 amide bonds. The van der Waals surface area contributed by atoms with Crippen LogP contribution in [0.5, 0.6) is 5.75 Å². The fraction of sp³-hybridized carbons (Fsp3) is 0.588. The van der Waals surface area contributed by atoms with Crippen LogP contribution in [0.1, 0.15) is 56.9 Å². The number of amides is 1. The molecule has 1 unspecified atom stereocenters. The van der Waals surface area contributed by atoms with Gasteiger partial charge in [0.05, 0.1) is 5.92 Å². The lowest BCUT2D eigenvalue weighted by Gasteiger charge is -2.30. The van der Waals surface area contributed by atoms with Crippen LogP contribution in [-0.2, 0) is 4.79 Å². The molecule has 1 N–H and O–H groups in total. The summed E-state index contributed by atoms with van der Waals surface area (Å²) >= 11 is 0. The van der Waals surface area contributed by atoms with Crippen molar-refractivity contribution in [1.29, 1.82) is 0 Å². The minimum absolute atomic E-state index is 0.0971. The standard InChI is InChI=1S/C17H25NO2/c1-2-3-10-16(14-8-7-9-15(19)13-14)17(20)18-11-5-4-6-12-18/h7-9,13,16,19H,2-6,10-12H2,1H3. The first-order valence-electron chi connectivity index (χ1n) is 7.80. The maximum Gasteiger partial charge on any atom is 0.230 e. The van der Waals surface area contributed by atoms with Crippen molar-refractivity contribution in [2.24, 2.45) is 0 Å². The van der Waals surface area contributed by atoms with Crippen LogP contribution < -0.4 is 0 Å². The van der Waals surface area contributed by atoms with Gasteiger partial charge in [-0.05, 0) is 43.4 Å². The Hall–Kier alpha value is -1.51. The van der Waals surface area contributed by atoms with Crippen molar-refractivity contribution in [2.75, 3.05) is 13.1 Å². The molecule has 1 aromatic rings. The third-order valence-corrected chi connectivity index (χ3v) is 4.08. The topological polar surface area (TPSA) is 40.5 Å². The summed E-state index contributed by atoms with van der Waals surface area (Å²) in [5.74, 6) is 0.388. The predicted molar refractivity (Wildman–Crippen MR) is 80.8 cm³/mol. The number of phenols is 1. The van der Waals surface area contributed by atoms with E-state index in [1.165, 1.54) is 6.42 Å². The molecule has 0 bridgehead atoms. The van der Waals surface area contributed by atoms with Crippen LogP contribution >= 0.6 is 0 Å². The summed E-state index contributed by atoms with van der Waals surface area (Å²) in [6.45, 7) is 3.92. The zero-order valence-electron chi connectivity index (χ0n) is 12.3. The van der Waals surface area contributed by atoms with Gasteiger partial charge in [0.25, 0.3) is 0 Å². The molecule has 110 valence electrons. The van der Waals surface area contributed by atoms with Gasteiger partial charge in [-0.3, -0.25) is 4.79 Å². The van der Waals surface area contributed by atoms with Gasteiger partial charge >= 0.3 is 0 Å². The fourth-order valence-corrected chi connectivity index (χ4v) is 2.92. The van der Waals surface area contributed by atoms with Crippen LogP contribution in [0.2, 0.25) is 0 Å². The van der Waals surface area contributed by atoms with Gasteiger partial charge in [0.1, 0.15) is 5.75 Å². The van der Waals surface area contributed by atoms with Crippen LogP contribution in [0.4, 0.5) is 0 Å². The number of piperidine rings is 1. The summed E-state index contributed by atoms with van der Waals surface area (Å²) in [4.78, 5) is 14.8. The Morgan fingerprint density at radius 1 is 1.30 bits per heavy atom. The highest BCUT2D eigenvalue weighted by molar-refractivity contribution is 5.84. The van der Waals surface area contributed by atoms with Gasteiger partial charge in [-0.15, -0.1) is 0 Å². The number of carbonyl (C=O) groups excluding carboxylic acids is 1. The molecule has 1 aromatic carbocycles. The molecule has 3 heteroatoms. The first-order chi connectivity index (χ1) is 9.72. The Morgan fingerprint density at radius 2 is 2.05 bits per heavy atom. The van der Waals surface area contributed by atoms with Crippen molar-refractivity contribution >= 4 is 5.91 Å². The van der Waals surface area contributed by atoms with Crippen LogP contribution in [0, 0.1) is 0 Å². The van der Waals surface area contributed by atoms with Crippen LogP contribution in [-0.4, -0.2) is 29.0 Å². The highest BCUT2D eigenvalue weighted by Gasteiger charge is 2.26. The van der Waals surface area contributed by atoms with E-state index in [-0.39, 0.29) is 17.6 Å². The summed E-state index contributed by atoms with van der Waals surface area (Å²) < 4.78 is 0. The molecule has 1 atom stereocenters. The van der Waals surface area contributed by atoms with Crippen molar-refractivity contribution in [1.82, 2.24) is 4.90 Å². The first kappa shape index (κ1) is 14.9. The van der Waals surface area contributed by atoms with E-state index in [4.69, 9.17) is 0 Å². The van der Waals surface area contributed by atoms with E-state index in [9.17, 15) is 9.90 Å². The second-order valence-corrected chi connectivity index (χ2v) is 5.68. The highest BCUT2D eigenvalue weighted by atomic mass is 16.3. The van der Waals surface area contributed by atoms with Gasteiger partial charge in [0.2, 0.25) is 5.91 Å². The molecule has 1 heterocycles. The van der Waals surface area contributed by atoms with Gasteiger partial charge in [-0.25, -0.2) is 0 Å². The maximum atomic E-state index is 12.8. The molecule has 0 spiro atoms. The molecule has 0 saturated carbocycles. The number of unbranched alkanes of at least 4 members (excludes halogenated alkanes) is 1. The minimum atomic E-state index is -0.0971. The minimum Gasteiger partial charge on any atom is -0.508 e. The monoisotopic (exact) mass is 275 g/mol. The SMILES string of the molecule is CCCCC(C(=O)N1CCCCC1)c1cccc(O)c1. The van der Waals surface area contributed by atoms with Crippen molar-refractivity contribution in [3.63, 3.8) is 0 Å². The largest absolute Gasteiger partial charge is 0.508 e. The van der Waals surface area contributed by atoms with Gasteiger partial charge in [0.15, 0.2) is 0 Å². The van der Waals surface area contributed by atoms with Crippen molar-refractivity contribution < 1.29 is 9.90 Å². The Bertz CT molecular complexity index is 438. The maximum absolute atomic E-state index is 12.8. The molecular weight excluding hydrogens is 250 g/mol. The first-order valence-corrected chi connectivity index (χ1v) is 7.80. The molecule has 1 aliphatic rings. The van der Waals surface area contributed by atoms with Crippen molar-refractivity contribution in [3.05, 3.63) is 29.8 Å². The second kappa shape index (κ2) is 7.32. The van der Waals surface area contributed by atoms with Gasteiger partial charge in [0, 0.05) is 13.1 Å². The molecule has 0 aromatic heterocycles. The molecule has 20 heavy (non-hydrogen) atoms. The molecule has 0 radical (unpaired) electrons. The number of rotatable bonds is 5. The summed E-state index contributed by atoms with van der Waals surface area (Å²) in [5.41, 5.74) is 0.953. The van der Waals surface area contributed by atoms with Gasteiger partial charge < -0.3 is 10.0 Å². The zero-order valence-corrected chi connectivity index (χ0v) is 12.3. The van der Waals surface area contributed by atoms with Crippen LogP contribution in [0.15, 0.2) is 24.3 Å². The normalized spacial score (nSPS) is 16.9. The number of carbonyl (C=O) groups is 1. The average molecular weight is 275 g/mol. The lowest BCUT2D eigenvalue weighted by molar-refractivity contribution is -0.133. The predicted octanol–water partition coefficient (Wildman–Crippen LogP) is 3.68. The summed E-state index contributed by atoms with van der Waals surface area (Å²) in [6.07, 6.45) is 6.46. The lowest BCUT2D eigenvalue weighted by Crippen LogP contribution is -2.38. The molecule has 1 aliphatic heterocycles. The average Bonchev–Trinajstić information content (AvgIpc) is 2.48. The van der Waals surface area contributed by atoms with Gasteiger partial charge in [-0.2, -0.15) is 0 Å². The quantitative estimate of drug-likeness (QED) is 0.890. The number of phenolic OH excluding ortho intramolecular Hbond substituents is 1. The lowest BCUT2D eigenvalue weighted by atomic mass is 9.91. The van der Waals surface area contributed by atoms with E-state index in [0.29, 0.717) is 0 Å². The Balaban J connectivity index is 2.15. The molecular formula is C17H25NO2. The van der Waals surface area contributed by atoms with Crippen molar-refractivity contribution in [2.45, 2.75) is 51.4 Å². The Kier molecular flexibility index (Phi) is 5.45. The van der Waals surface area contributed by atoms with Crippen LogP contribution in [0.3, 0.4) is 0 Å². The Labute approximate surface area is 121 Å². The molecule has 1 fully saturated rings. The molecule has 3 nitrogen and oxygen atoms in total. The molecule has 1 saturated heterocycles. The van der Waals surface area contributed by atoms with E-state index >= 15 is 0 Å². The number of hydrogen-bond donors (Lipinski definition) is 1. The van der Waals surface area contributed by atoms with E-state index in [2.05, 4.69) is 6.92 Å². The highest BCUT2D eigenvalue weighted by Crippen LogP contribution is 2.28. The molecule has 2 rings (SSSR count). The number of benzene rings is 1. The van der Waals surface area contributed by atoms with E-state index < -0.39 is 0 Å². The van der Waals surface area contributed by atoms with Gasteiger partial charge in [-0.1, -0.05) is 31.9 Å². The van der Waals surface area contributed by atoms with E-state index in [0.717, 1.165) is 50.8 Å². The number of aromatic hydroxyl groups is 1. The van der Waals surface area contributed by atoms with E-state index in [1.54, 1.807) is 12.1 Å². The summed E-state index contributed by atoms with van der Waals surface area (Å²) in [5, 5.41) is 9.65. The summed E-state index contributed by atoms with van der Waals surface area (Å²) in [6, 6.07) is 7.18.